The summed E-state index contributed by atoms with van der Waals surface area (Å²) in [6.07, 6.45) is 3.82. The number of anilines is 1. The molecule has 0 saturated heterocycles. The quantitative estimate of drug-likeness (QED) is 0.710. The molecule has 1 aliphatic rings. The Bertz CT molecular complexity index is 995. The van der Waals surface area contributed by atoms with Crippen LogP contribution in [0.2, 0.25) is 0 Å². The van der Waals surface area contributed by atoms with Gasteiger partial charge in [0, 0.05) is 24.5 Å². The van der Waals surface area contributed by atoms with E-state index < -0.39 is 0 Å². The number of nitrogens with zero attached hydrogens (tertiary/aromatic N) is 4. The topological polar surface area (TPSA) is 62.0 Å². The lowest BCUT2D eigenvalue weighted by Crippen LogP contribution is -2.23. The molecule has 5 heteroatoms. The van der Waals surface area contributed by atoms with Crippen molar-refractivity contribution in [3.63, 3.8) is 0 Å². The van der Waals surface area contributed by atoms with E-state index in [1.165, 1.54) is 5.56 Å². The average molecular weight is 356 g/mol. The second-order valence-corrected chi connectivity index (χ2v) is 6.57. The fourth-order valence-corrected chi connectivity index (χ4v) is 3.44. The zero-order valence-electron chi connectivity index (χ0n) is 15.2. The van der Waals surface area contributed by atoms with Gasteiger partial charge in [0.15, 0.2) is 0 Å². The molecule has 4 rings (SSSR count). The summed E-state index contributed by atoms with van der Waals surface area (Å²) in [5, 5.41) is 9.31. The highest BCUT2D eigenvalue weighted by atomic mass is 16.5. The van der Waals surface area contributed by atoms with Crippen molar-refractivity contribution in [2.24, 2.45) is 0 Å². The maximum atomic E-state index is 9.31. The SMILES string of the molecule is COc1cc(C#N)cc(N2CCCc3ccc(-c4ccccn4)nc3C2)c1. The molecule has 2 aromatic heterocycles. The van der Waals surface area contributed by atoms with E-state index in [2.05, 4.69) is 28.1 Å². The first kappa shape index (κ1) is 17.0. The predicted octanol–water partition coefficient (Wildman–Crippen LogP) is 3.98. The second kappa shape index (κ2) is 7.46. The van der Waals surface area contributed by atoms with Gasteiger partial charge in [-0.2, -0.15) is 5.26 Å². The van der Waals surface area contributed by atoms with Crippen LogP contribution in [0.15, 0.2) is 54.7 Å². The average Bonchev–Trinajstić information content (AvgIpc) is 2.95. The first-order chi connectivity index (χ1) is 13.3. The molecule has 0 atom stereocenters. The summed E-state index contributed by atoms with van der Waals surface area (Å²) in [5.41, 5.74) is 5.70. The van der Waals surface area contributed by atoms with Gasteiger partial charge in [-0.1, -0.05) is 12.1 Å². The normalized spacial score (nSPS) is 13.4. The number of rotatable bonds is 3. The highest BCUT2D eigenvalue weighted by Crippen LogP contribution is 2.28. The molecule has 0 aliphatic carbocycles. The number of ether oxygens (including phenoxy) is 1. The third kappa shape index (κ3) is 3.61. The summed E-state index contributed by atoms with van der Waals surface area (Å²) in [7, 11) is 1.62. The van der Waals surface area contributed by atoms with Crippen molar-refractivity contribution in [2.75, 3.05) is 18.6 Å². The molecule has 0 amide bonds. The van der Waals surface area contributed by atoms with Gasteiger partial charge >= 0.3 is 0 Å². The Kier molecular flexibility index (Phi) is 4.71. The second-order valence-electron chi connectivity index (χ2n) is 6.57. The smallest absolute Gasteiger partial charge is 0.122 e. The Labute approximate surface area is 158 Å². The van der Waals surface area contributed by atoms with E-state index in [4.69, 9.17) is 9.72 Å². The van der Waals surface area contributed by atoms with Gasteiger partial charge in [0.2, 0.25) is 0 Å². The Morgan fingerprint density at radius 2 is 2.04 bits per heavy atom. The van der Waals surface area contributed by atoms with Gasteiger partial charge in [0.25, 0.3) is 0 Å². The van der Waals surface area contributed by atoms with Gasteiger partial charge in [-0.3, -0.25) is 4.98 Å². The van der Waals surface area contributed by atoms with E-state index in [-0.39, 0.29) is 0 Å². The van der Waals surface area contributed by atoms with E-state index in [9.17, 15) is 5.26 Å². The first-order valence-corrected chi connectivity index (χ1v) is 9.01. The summed E-state index contributed by atoms with van der Waals surface area (Å²) in [4.78, 5) is 11.6. The summed E-state index contributed by atoms with van der Waals surface area (Å²) in [6, 6.07) is 17.9. The van der Waals surface area contributed by atoms with Crippen molar-refractivity contribution in [2.45, 2.75) is 19.4 Å². The zero-order valence-corrected chi connectivity index (χ0v) is 15.2. The maximum Gasteiger partial charge on any atom is 0.122 e. The van der Waals surface area contributed by atoms with Gasteiger partial charge in [-0.05, 0) is 48.7 Å². The van der Waals surface area contributed by atoms with Gasteiger partial charge in [0.05, 0.1) is 42.4 Å². The Morgan fingerprint density at radius 3 is 2.81 bits per heavy atom. The largest absolute Gasteiger partial charge is 0.497 e. The van der Waals surface area contributed by atoms with Gasteiger partial charge in [-0.25, -0.2) is 4.98 Å². The van der Waals surface area contributed by atoms with E-state index in [0.717, 1.165) is 42.2 Å². The van der Waals surface area contributed by atoms with Crippen LogP contribution >= 0.6 is 0 Å². The molecule has 27 heavy (non-hydrogen) atoms. The van der Waals surface area contributed by atoms with Crippen molar-refractivity contribution < 1.29 is 4.74 Å². The van der Waals surface area contributed by atoms with E-state index in [1.54, 1.807) is 19.4 Å². The minimum Gasteiger partial charge on any atom is -0.497 e. The van der Waals surface area contributed by atoms with E-state index in [1.807, 2.05) is 30.3 Å². The van der Waals surface area contributed by atoms with Crippen LogP contribution in [0.25, 0.3) is 11.4 Å². The molecule has 5 nitrogen and oxygen atoms in total. The number of nitriles is 1. The Balaban J connectivity index is 1.69. The molecule has 1 aliphatic heterocycles. The molecule has 0 radical (unpaired) electrons. The Hall–Kier alpha value is -3.39. The molecule has 3 heterocycles. The summed E-state index contributed by atoms with van der Waals surface area (Å²) < 4.78 is 5.36. The zero-order chi connectivity index (χ0) is 18.6. The molecule has 0 saturated carbocycles. The Morgan fingerprint density at radius 1 is 1.11 bits per heavy atom. The molecule has 3 aromatic rings. The maximum absolute atomic E-state index is 9.31. The number of pyridine rings is 2. The molecule has 0 spiro atoms. The highest BCUT2D eigenvalue weighted by molar-refractivity contribution is 5.58. The van der Waals surface area contributed by atoms with Crippen LogP contribution in [0.5, 0.6) is 5.75 Å². The minimum absolute atomic E-state index is 0.601. The molecular weight excluding hydrogens is 336 g/mol. The van der Waals surface area contributed by atoms with Crippen molar-refractivity contribution >= 4 is 5.69 Å². The lowest BCUT2D eigenvalue weighted by Gasteiger charge is -2.23. The van der Waals surface area contributed by atoms with Crippen LogP contribution < -0.4 is 9.64 Å². The third-order valence-electron chi connectivity index (χ3n) is 4.83. The summed E-state index contributed by atoms with van der Waals surface area (Å²) in [6.45, 7) is 1.61. The van der Waals surface area contributed by atoms with Crippen LogP contribution in [0.4, 0.5) is 5.69 Å². The standard InChI is InChI=1S/C22H20N4O/c1-27-19-12-16(14-23)11-18(13-19)26-10-4-5-17-7-8-21(25-22(17)15-26)20-6-2-3-9-24-20/h2-3,6-9,11-13H,4-5,10,15H2,1H3. The highest BCUT2D eigenvalue weighted by Gasteiger charge is 2.18. The third-order valence-corrected chi connectivity index (χ3v) is 4.83. The molecule has 0 unspecified atom stereocenters. The van der Waals surface area contributed by atoms with Crippen LogP contribution in [0.1, 0.15) is 23.2 Å². The number of methoxy groups -OCH3 is 1. The predicted molar refractivity (Wildman–Crippen MR) is 105 cm³/mol. The van der Waals surface area contributed by atoms with Gasteiger partial charge < -0.3 is 9.64 Å². The van der Waals surface area contributed by atoms with Crippen LogP contribution in [0, 0.1) is 11.3 Å². The number of aryl methyl sites for hydroxylation is 1. The fraction of sp³-hybridized carbons (Fsp3) is 0.227. The summed E-state index contributed by atoms with van der Waals surface area (Å²) in [5.74, 6) is 0.698. The van der Waals surface area contributed by atoms with Gasteiger partial charge in [-0.15, -0.1) is 0 Å². The number of hydrogen-bond acceptors (Lipinski definition) is 5. The summed E-state index contributed by atoms with van der Waals surface area (Å²) >= 11 is 0. The van der Waals surface area contributed by atoms with Crippen molar-refractivity contribution in [1.29, 1.82) is 5.26 Å². The number of fused-ring (bicyclic) bond motifs is 1. The molecule has 0 fully saturated rings. The van der Waals surface area contributed by atoms with E-state index >= 15 is 0 Å². The number of aromatic nitrogens is 2. The van der Waals surface area contributed by atoms with Crippen LogP contribution in [0.3, 0.4) is 0 Å². The number of hydrogen-bond donors (Lipinski definition) is 0. The van der Waals surface area contributed by atoms with E-state index in [0.29, 0.717) is 17.9 Å². The molecular formula is C22H20N4O. The monoisotopic (exact) mass is 356 g/mol. The molecule has 0 N–H and O–H groups in total. The van der Waals surface area contributed by atoms with Crippen LogP contribution in [-0.2, 0) is 13.0 Å². The minimum atomic E-state index is 0.601. The van der Waals surface area contributed by atoms with Crippen LogP contribution in [-0.4, -0.2) is 23.6 Å². The fourth-order valence-electron chi connectivity index (χ4n) is 3.44. The lowest BCUT2D eigenvalue weighted by atomic mass is 10.1. The van der Waals surface area contributed by atoms with Crippen molar-refractivity contribution in [3.8, 4) is 23.2 Å². The number of benzene rings is 1. The van der Waals surface area contributed by atoms with Crippen molar-refractivity contribution in [1.82, 2.24) is 9.97 Å². The molecule has 1 aromatic carbocycles. The van der Waals surface area contributed by atoms with Gasteiger partial charge in [0.1, 0.15) is 5.75 Å². The molecule has 0 bridgehead atoms. The van der Waals surface area contributed by atoms with Crippen molar-refractivity contribution in [3.05, 3.63) is 71.5 Å². The lowest BCUT2D eigenvalue weighted by molar-refractivity contribution is 0.414. The first-order valence-electron chi connectivity index (χ1n) is 9.01. The molecule has 134 valence electrons.